The largest absolute Gasteiger partial charge is 0.573 e. The van der Waals surface area contributed by atoms with E-state index in [-0.39, 0.29) is 30.5 Å². The van der Waals surface area contributed by atoms with Crippen molar-refractivity contribution >= 4 is 28.2 Å². The van der Waals surface area contributed by atoms with Crippen molar-refractivity contribution in [2.75, 3.05) is 11.9 Å². The number of nitrogens with one attached hydrogen (secondary N) is 1. The highest BCUT2D eigenvalue weighted by Crippen LogP contribution is 2.31. The molecule has 0 aliphatic carbocycles. The second-order valence-corrected chi connectivity index (χ2v) is 7.71. The van der Waals surface area contributed by atoms with E-state index in [4.69, 9.17) is 4.74 Å². The zero-order chi connectivity index (χ0) is 23.1. The minimum Gasteiger partial charge on any atom is -0.466 e. The fourth-order valence-corrected chi connectivity index (χ4v) is 3.82. The number of rotatable bonds is 8. The molecule has 5 nitrogen and oxygen atoms in total. The highest BCUT2D eigenvalue weighted by atomic mass is 32.1. The molecule has 3 aromatic rings. The van der Waals surface area contributed by atoms with E-state index in [1.807, 2.05) is 0 Å². The number of alkyl halides is 3. The maximum Gasteiger partial charge on any atom is 0.573 e. The molecule has 9 heteroatoms. The van der Waals surface area contributed by atoms with Crippen LogP contribution in [0.1, 0.15) is 18.1 Å². The molecule has 0 saturated carbocycles. The van der Waals surface area contributed by atoms with Gasteiger partial charge in [0, 0.05) is 5.38 Å². The lowest BCUT2D eigenvalue weighted by molar-refractivity contribution is -0.274. The summed E-state index contributed by atoms with van der Waals surface area (Å²) in [6.07, 6.45) is -4.46. The summed E-state index contributed by atoms with van der Waals surface area (Å²) in [6, 6.07) is 14.4. The van der Waals surface area contributed by atoms with Gasteiger partial charge in [-0.25, -0.2) is 0 Å². The lowest BCUT2D eigenvalue weighted by atomic mass is 10.1. The number of carbonyl (C=O) groups is 2. The number of hydrogen-bond donors (Lipinski definition) is 1. The summed E-state index contributed by atoms with van der Waals surface area (Å²) in [5.74, 6) is -0.839. The molecule has 0 fully saturated rings. The molecule has 0 radical (unpaired) electrons. The normalized spacial score (nSPS) is 11.1. The molecule has 32 heavy (non-hydrogen) atoms. The van der Waals surface area contributed by atoms with Crippen molar-refractivity contribution in [2.45, 2.75) is 26.1 Å². The molecule has 1 heterocycles. The van der Waals surface area contributed by atoms with Crippen LogP contribution in [-0.2, 0) is 27.2 Å². The Hall–Kier alpha value is -3.33. The first kappa shape index (κ1) is 23.3. The third kappa shape index (κ3) is 7.12. The zero-order valence-electron chi connectivity index (χ0n) is 17.1. The number of amides is 1. The van der Waals surface area contributed by atoms with Gasteiger partial charge in [-0.3, -0.25) is 9.59 Å². The van der Waals surface area contributed by atoms with Crippen molar-refractivity contribution in [1.82, 2.24) is 0 Å². The van der Waals surface area contributed by atoms with Crippen molar-refractivity contribution in [3.8, 4) is 16.9 Å². The predicted octanol–water partition coefficient (Wildman–Crippen LogP) is 5.60. The van der Waals surface area contributed by atoms with Gasteiger partial charge >= 0.3 is 12.3 Å². The fraction of sp³-hybridized carbons (Fsp3) is 0.217. The summed E-state index contributed by atoms with van der Waals surface area (Å²) in [4.78, 5) is 24.1. The number of anilines is 1. The third-order valence-electron chi connectivity index (χ3n) is 4.29. The molecule has 0 spiro atoms. The van der Waals surface area contributed by atoms with E-state index in [0.29, 0.717) is 17.2 Å². The van der Waals surface area contributed by atoms with Crippen LogP contribution in [0.4, 0.5) is 18.2 Å². The van der Waals surface area contributed by atoms with E-state index in [2.05, 4.69) is 10.1 Å². The maximum absolute atomic E-state index is 12.4. The number of hydrogen-bond acceptors (Lipinski definition) is 5. The van der Waals surface area contributed by atoms with Gasteiger partial charge in [-0.1, -0.05) is 36.4 Å². The average molecular weight is 463 g/mol. The molecule has 0 aliphatic heterocycles. The highest BCUT2D eigenvalue weighted by molar-refractivity contribution is 7.14. The van der Waals surface area contributed by atoms with Gasteiger partial charge in [0.05, 0.1) is 24.4 Å². The van der Waals surface area contributed by atoms with Crippen LogP contribution in [0.5, 0.6) is 5.75 Å². The molecule has 0 unspecified atom stereocenters. The Morgan fingerprint density at radius 3 is 2.31 bits per heavy atom. The van der Waals surface area contributed by atoms with Crippen LogP contribution in [0.25, 0.3) is 11.1 Å². The molecule has 3 rings (SSSR count). The summed E-state index contributed by atoms with van der Waals surface area (Å²) in [7, 11) is 0. The van der Waals surface area contributed by atoms with Crippen LogP contribution in [-0.4, -0.2) is 24.8 Å². The molecule has 0 atom stereocenters. The Bertz CT molecular complexity index is 1080. The summed E-state index contributed by atoms with van der Waals surface area (Å²) in [5, 5.41) is 5.23. The van der Waals surface area contributed by atoms with Crippen LogP contribution < -0.4 is 10.1 Å². The predicted molar refractivity (Wildman–Crippen MR) is 116 cm³/mol. The van der Waals surface area contributed by atoms with Crippen LogP contribution in [0, 0.1) is 0 Å². The van der Waals surface area contributed by atoms with Gasteiger partial charge in [0.15, 0.2) is 0 Å². The first-order valence-electron chi connectivity index (χ1n) is 9.70. The second kappa shape index (κ2) is 10.3. The number of halogens is 3. The average Bonchev–Trinajstić information content (AvgIpc) is 3.16. The lowest BCUT2D eigenvalue weighted by Gasteiger charge is -2.08. The van der Waals surface area contributed by atoms with Crippen molar-refractivity contribution < 1.29 is 32.2 Å². The summed E-state index contributed by atoms with van der Waals surface area (Å²) in [6.45, 7) is 2.06. The molecular weight excluding hydrogens is 443 g/mol. The van der Waals surface area contributed by atoms with E-state index >= 15 is 0 Å². The van der Waals surface area contributed by atoms with Gasteiger partial charge in [0.25, 0.3) is 0 Å². The Balaban J connectivity index is 1.58. The SMILES string of the molecule is CCOC(=O)Cc1cccc(CC(=O)Nc2cc(-c3ccc(OC(F)(F)F)cc3)cs2)c1. The molecule has 0 aliphatic rings. The van der Waals surface area contributed by atoms with Crippen molar-refractivity contribution in [3.05, 3.63) is 71.1 Å². The smallest absolute Gasteiger partial charge is 0.466 e. The summed E-state index contributed by atoms with van der Waals surface area (Å²) in [5.41, 5.74) is 3.00. The van der Waals surface area contributed by atoms with Gasteiger partial charge in [0.2, 0.25) is 5.91 Å². The number of thiophene rings is 1. The molecule has 0 saturated heterocycles. The molecule has 168 valence electrons. The monoisotopic (exact) mass is 463 g/mol. The molecular formula is C23H20F3NO4S. The minimum atomic E-state index is -4.74. The molecule has 1 amide bonds. The minimum absolute atomic E-state index is 0.132. The van der Waals surface area contributed by atoms with E-state index in [1.165, 1.54) is 35.6 Å². The van der Waals surface area contributed by atoms with Crippen molar-refractivity contribution in [3.63, 3.8) is 0 Å². The van der Waals surface area contributed by atoms with E-state index in [0.717, 1.165) is 16.7 Å². The van der Waals surface area contributed by atoms with Gasteiger partial charge in [-0.05, 0) is 47.4 Å². The lowest BCUT2D eigenvalue weighted by Crippen LogP contribution is -2.16. The number of esters is 1. The second-order valence-electron chi connectivity index (χ2n) is 6.80. The van der Waals surface area contributed by atoms with E-state index in [9.17, 15) is 22.8 Å². The van der Waals surface area contributed by atoms with Crippen LogP contribution in [0.3, 0.4) is 0 Å². The number of ether oxygens (including phenoxy) is 2. The highest BCUT2D eigenvalue weighted by Gasteiger charge is 2.30. The molecule has 0 bridgehead atoms. The Labute approximate surface area is 186 Å². The van der Waals surface area contributed by atoms with E-state index in [1.54, 1.807) is 42.6 Å². The summed E-state index contributed by atoms with van der Waals surface area (Å²) >= 11 is 1.31. The Morgan fingerprint density at radius 2 is 1.66 bits per heavy atom. The third-order valence-corrected chi connectivity index (χ3v) is 5.14. The quantitative estimate of drug-likeness (QED) is 0.442. The molecule has 1 aromatic heterocycles. The number of carbonyl (C=O) groups excluding carboxylic acids is 2. The number of benzene rings is 2. The van der Waals surface area contributed by atoms with Gasteiger partial charge in [-0.2, -0.15) is 0 Å². The molecule has 2 aromatic carbocycles. The van der Waals surface area contributed by atoms with Crippen LogP contribution in [0.15, 0.2) is 60.0 Å². The molecule has 1 N–H and O–H groups in total. The Kier molecular flexibility index (Phi) is 7.53. The van der Waals surface area contributed by atoms with Crippen molar-refractivity contribution in [2.24, 2.45) is 0 Å². The van der Waals surface area contributed by atoms with Gasteiger partial charge < -0.3 is 14.8 Å². The first-order chi connectivity index (χ1) is 15.2. The Morgan fingerprint density at radius 1 is 0.969 bits per heavy atom. The first-order valence-corrected chi connectivity index (χ1v) is 10.6. The van der Waals surface area contributed by atoms with Gasteiger partial charge in [-0.15, -0.1) is 24.5 Å². The van der Waals surface area contributed by atoms with Crippen molar-refractivity contribution in [1.29, 1.82) is 0 Å². The zero-order valence-corrected chi connectivity index (χ0v) is 17.9. The maximum atomic E-state index is 12.4. The van der Waals surface area contributed by atoms with Gasteiger partial charge in [0.1, 0.15) is 5.75 Å². The summed E-state index contributed by atoms with van der Waals surface area (Å²) < 4.78 is 45.6. The fourth-order valence-electron chi connectivity index (χ4n) is 3.00. The standard InChI is InChI=1S/C23H20F3NO4S/c1-2-30-22(29)12-16-5-3-4-15(10-16)11-20(28)27-21-13-18(14-32-21)17-6-8-19(9-7-17)31-23(24,25)26/h3-10,13-14H,2,11-12H2,1H3,(H,27,28). The van der Waals surface area contributed by atoms with E-state index < -0.39 is 6.36 Å². The van der Waals surface area contributed by atoms with Crippen LogP contribution >= 0.6 is 11.3 Å². The topological polar surface area (TPSA) is 64.6 Å². The van der Waals surface area contributed by atoms with Crippen LogP contribution in [0.2, 0.25) is 0 Å².